The molecule has 0 unspecified atom stereocenters. The Hall–Kier alpha value is -0.540. The van der Waals surface area contributed by atoms with Gasteiger partial charge in [-0.25, -0.2) is 4.98 Å². The van der Waals surface area contributed by atoms with Gasteiger partial charge in [-0.2, -0.15) is 0 Å². The maximum absolute atomic E-state index is 6.19. The van der Waals surface area contributed by atoms with Crippen LogP contribution in [0.3, 0.4) is 0 Å². The summed E-state index contributed by atoms with van der Waals surface area (Å²) in [6.07, 6.45) is 5.95. The topological polar surface area (TPSA) is 43.8 Å². The van der Waals surface area contributed by atoms with Crippen LogP contribution in [0, 0.1) is 0 Å². The summed E-state index contributed by atoms with van der Waals surface area (Å²) in [6.45, 7) is 0.630. The maximum atomic E-state index is 6.19. The molecule has 1 heterocycles. The first kappa shape index (κ1) is 11.0. The van der Waals surface area contributed by atoms with Gasteiger partial charge < -0.3 is 10.3 Å². The molecule has 2 rings (SSSR count). The minimum absolute atomic E-state index is 0.613. The number of hydrogen-bond acceptors (Lipinski definition) is 2. The van der Waals surface area contributed by atoms with E-state index in [0.29, 0.717) is 17.6 Å². The van der Waals surface area contributed by atoms with E-state index in [2.05, 4.69) is 16.6 Å². The van der Waals surface area contributed by atoms with Gasteiger partial charge in [0.05, 0.1) is 5.69 Å². The van der Waals surface area contributed by atoms with Crippen LogP contribution in [0.1, 0.15) is 43.1 Å². The van der Waals surface area contributed by atoms with E-state index >= 15 is 0 Å². The number of aromatic nitrogens is 2. The predicted octanol–water partition coefficient (Wildman–Crippen LogP) is 2.23. The van der Waals surface area contributed by atoms with Crippen molar-refractivity contribution < 1.29 is 0 Å². The van der Waals surface area contributed by atoms with E-state index in [0.717, 1.165) is 12.2 Å². The number of hydrogen-bond donors (Lipinski definition) is 1. The lowest BCUT2D eigenvalue weighted by molar-refractivity contribution is 0.639. The molecule has 15 heavy (non-hydrogen) atoms. The van der Waals surface area contributed by atoms with Crippen LogP contribution >= 0.6 is 11.6 Å². The molecule has 0 amide bonds. The molecule has 4 heteroatoms. The standard InChI is InChI=1S/C11H18ClN3/c1-15-9(6-7-13)14-11(12)10(15)8-4-2-3-5-8/h8H,2-7,13H2,1H3. The molecular formula is C11H18ClN3. The van der Waals surface area contributed by atoms with Gasteiger partial charge in [0.2, 0.25) is 0 Å². The van der Waals surface area contributed by atoms with Crippen LogP contribution in [0.4, 0.5) is 0 Å². The van der Waals surface area contributed by atoms with Gasteiger partial charge >= 0.3 is 0 Å². The Morgan fingerprint density at radius 1 is 1.47 bits per heavy atom. The second kappa shape index (κ2) is 4.54. The Morgan fingerprint density at radius 2 is 2.13 bits per heavy atom. The van der Waals surface area contributed by atoms with E-state index < -0.39 is 0 Å². The molecule has 2 N–H and O–H groups in total. The van der Waals surface area contributed by atoms with Crippen molar-refractivity contribution in [2.24, 2.45) is 12.8 Å². The Kier molecular flexibility index (Phi) is 3.32. The van der Waals surface area contributed by atoms with Gasteiger partial charge in [0.25, 0.3) is 0 Å². The van der Waals surface area contributed by atoms with Crippen molar-refractivity contribution in [3.8, 4) is 0 Å². The lowest BCUT2D eigenvalue weighted by atomic mass is 10.1. The predicted molar refractivity (Wildman–Crippen MR) is 62.2 cm³/mol. The summed E-state index contributed by atoms with van der Waals surface area (Å²) in [5.41, 5.74) is 6.77. The molecule has 0 atom stereocenters. The first-order valence-electron chi connectivity index (χ1n) is 5.65. The Morgan fingerprint density at radius 3 is 2.73 bits per heavy atom. The molecule has 84 valence electrons. The highest BCUT2D eigenvalue weighted by molar-refractivity contribution is 6.30. The van der Waals surface area contributed by atoms with E-state index in [4.69, 9.17) is 17.3 Å². The van der Waals surface area contributed by atoms with Crippen LogP contribution in [0.25, 0.3) is 0 Å². The number of nitrogens with two attached hydrogens (primary N) is 1. The van der Waals surface area contributed by atoms with Gasteiger partial charge in [0, 0.05) is 19.4 Å². The Labute approximate surface area is 95.6 Å². The van der Waals surface area contributed by atoms with Crippen molar-refractivity contribution in [1.29, 1.82) is 0 Å². The highest BCUT2D eigenvalue weighted by Gasteiger charge is 2.24. The van der Waals surface area contributed by atoms with Crippen molar-refractivity contribution in [3.63, 3.8) is 0 Å². The molecule has 0 spiro atoms. The minimum Gasteiger partial charge on any atom is -0.333 e. The highest BCUT2D eigenvalue weighted by atomic mass is 35.5. The summed E-state index contributed by atoms with van der Waals surface area (Å²) in [5, 5.41) is 0.688. The first-order valence-corrected chi connectivity index (χ1v) is 6.03. The van der Waals surface area contributed by atoms with Crippen LogP contribution in [0.15, 0.2) is 0 Å². The first-order chi connectivity index (χ1) is 7.24. The number of imidazole rings is 1. The minimum atomic E-state index is 0.613. The molecule has 0 bridgehead atoms. The van der Waals surface area contributed by atoms with Gasteiger partial charge in [-0.15, -0.1) is 0 Å². The molecule has 1 aromatic rings. The lowest BCUT2D eigenvalue weighted by Gasteiger charge is -2.11. The van der Waals surface area contributed by atoms with Crippen molar-refractivity contribution >= 4 is 11.6 Å². The van der Waals surface area contributed by atoms with Crippen molar-refractivity contribution in [2.75, 3.05) is 6.54 Å². The third-order valence-corrected chi connectivity index (χ3v) is 3.58. The summed E-state index contributed by atoms with van der Waals surface area (Å²) < 4.78 is 2.14. The zero-order valence-corrected chi connectivity index (χ0v) is 9.93. The molecule has 0 aromatic carbocycles. The maximum Gasteiger partial charge on any atom is 0.150 e. The van der Waals surface area contributed by atoms with E-state index in [1.54, 1.807) is 0 Å². The smallest absolute Gasteiger partial charge is 0.150 e. The zero-order chi connectivity index (χ0) is 10.8. The summed E-state index contributed by atoms with van der Waals surface area (Å²) in [6, 6.07) is 0. The lowest BCUT2D eigenvalue weighted by Crippen LogP contribution is -2.10. The van der Waals surface area contributed by atoms with Crippen LogP contribution in [0.2, 0.25) is 5.15 Å². The van der Waals surface area contributed by atoms with E-state index in [1.165, 1.54) is 31.4 Å². The largest absolute Gasteiger partial charge is 0.333 e. The monoisotopic (exact) mass is 227 g/mol. The van der Waals surface area contributed by atoms with Crippen LogP contribution in [0.5, 0.6) is 0 Å². The fourth-order valence-electron chi connectivity index (χ4n) is 2.52. The third-order valence-electron chi connectivity index (χ3n) is 3.30. The van der Waals surface area contributed by atoms with Crippen molar-refractivity contribution in [3.05, 3.63) is 16.7 Å². The number of rotatable bonds is 3. The molecule has 1 aliphatic carbocycles. The third kappa shape index (κ3) is 2.04. The summed E-state index contributed by atoms with van der Waals surface area (Å²) >= 11 is 6.19. The second-order valence-electron chi connectivity index (χ2n) is 4.28. The quantitative estimate of drug-likeness (QED) is 0.861. The molecule has 1 saturated carbocycles. The van der Waals surface area contributed by atoms with Crippen molar-refractivity contribution in [1.82, 2.24) is 9.55 Å². The van der Waals surface area contributed by atoms with E-state index in [1.807, 2.05) is 0 Å². The second-order valence-corrected chi connectivity index (χ2v) is 4.64. The van der Waals surface area contributed by atoms with Crippen LogP contribution in [-0.4, -0.2) is 16.1 Å². The molecule has 0 aliphatic heterocycles. The van der Waals surface area contributed by atoms with Gasteiger partial charge in [-0.3, -0.25) is 0 Å². The van der Waals surface area contributed by atoms with Crippen LogP contribution in [-0.2, 0) is 13.5 Å². The average molecular weight is 228 g/mol. The molecule has 0 saturated heterocycles. The SMILES string of the molecule is Cn1c(CCN)nc(Cl)c1C1CCCC1. The molecule has 1 aromatic heterocycles. The fourth-order valence-corrected chi connectivity index (χ4v) is 2.90. The normalized spacial score (nSPS) is 17.5. The van der Waals surface area contributed by atoms with Crippen LogP contribution < -0.4 is 5.73 Å². The Bertz CT molecular complexity index is 340. The summed E-state index contributed by atoms with van der Waals surface area (Å²) in [7, 11) is 2.05. The fraction of sp³-hybridized carbons (Fsp3) is 0.727. The summed E-state index contributed by atoms with van der Waals surface area (Å²) in [5.74, 6) is 1.63. The van der Waals surface area contributed by atoms with E-state index in [-0.39, 0.29) is 0 Å². The van der Waals surface area contributed by atoms with Gasteiger partial charge in [0.1, 0.15) is 5.82 Å². The molecule has 0 radical (unpaired) electrons. The highest BCUT2D eigenvalue weighted by Crippen LogP contribution is 2.37. The summed E-state index contributed by atoms with van der Waals surface area (Å²) in [4.78, 5) is 4.39. The molecule has 1 fully saturated rings. The number of nitrogens with zero attached hydrogens (tertiary/aromatic N) is 2. The van der Waals surface area contributed by atoms with Gasteiger partial charge in [-0.1, -0.05) is 24.4 Å². The number of halogens is 1. The molecule has 3 nitrogen and oxygen atoms in total. The molecule has 1 aliphatic rings. The van der Waals surface area contributed by atoms with E-state index in [9.17, 15) is 0 Å². The van der Waals surface area contributed by atoms with Gasteiger partial charge in [0.15, 0.2) is 5.15 Å². The Balaban J connectivity index is 2.29. The average Bonchev–Trinajstić information content (AvgIpc) is 2.77. The molecular weight excluding hydrogens is 210 g/mol. The van der Waals surface area contributed by atoms with Crippen molar-refractivity contribution in [2.45, 2.75) is 38.0 Å². The van der Waals surface area contributed by atoms with Gasteiger partial charge in [-0.05, 0) is 19.4 Å². The zero-order valence-electron chi connectivity index (χ0n) is 9.17.